The minimum Gasteiger partial charge on any atom is -0.381 e. The average molecular weight is 288 g/mol. The van der Waals surface area contributed by atoms with Crippen LogP contribution in [-0.2, 0) is 16.6 Å². The molecule has 110 valence electrons. The predicted octanol–water partition coefficient (Wildman–Crippen LogP) is 1.73. The highest BCUT2D eigenvalue weighted by molar-refractivity contribution is 7.89. The second kappa shape index (κ2) is 6.91. The first-order chi connectivity index (χ1) is 8.94. The number of nitrogen functional groups attached to an aromatic ring is 1. The molecule has 0 aliphatic carbocycles. The molecule has 0 aliphatic rings. The third-order valence-electron chi connectivity index (χ3n) is 2.95. The van der Waals surface area contributed by atoms with Crippen LogP contribution in [0.4, 0.5) is 5.82 Å². The van der Waals surface area contributed by atoms with E-state index in [2.05, 4.69) is 9.82 Å². The van der Waals surface area contributed by atoms with Gasteiger partial charge in [0.2, 0.25) is 10.0 Å². The molecule has 0 aliphatic heterocycles. The smallest absolute Gasteiger partial charge is 0.246 e. The zero-order valence-corrected chi connectivity index (χ0v) is 12.7. The van der Waals surface area contributed by atoms with Crippen molar-refractivity contribution in [3.8, 4) is 0 Å². The van der Waals surface area contributed by atoms with E-state index in [0.29, 0.717) is 6.54 Å². The van der Waals surface area contributed by atoms with Crippen LogP contribution in [0.15, 0.2) is 11.1 Å². The van der Waals surface area contributed by atoms with Crippen molar-refractivity contribution in [3.05, 3.63) is 6.20 Å². The summed E-state index contributed by atoms with van der Waals surface area (Å²) in [7, 11) is -3.58. The van der Waals surface area contributed by atoms with Gasteiger partial charge in [0.05, 0.1) is 0 Å². The molecule has 1 unspecified atom stereocenters. The Bertz CT molecular complexity index is 496. The molecule has 0 spiro atoms. The minimum atomic E-state index is -3.58. The summed E-state index contributed by atoms with van der Waals surface area (Å²) in [5.74, 6) is 0.0623. The van der Waals surface area contributed by atoms with Crippen molar-refractivity contribution < 1.29 is 8.42 Å². The number of aromatic nitrogens is 2. The number of nitrogens with one attached hydrogen (secondary N) is 1. The van der Waals surface area contributed by atoms with Crippen molar-refractivity contribution in [1.82, 2.24) is 14.5 Å². The Morgan fingerprint density at radius 3 is 2.58 bits per heavy atom. The predicted molar refractivity (Wildman–Crippen MR) is 76.2 cm³/mol. The molecule has 0 bridgehead atoms. The van der Waals surface area contributed by atoms with Gasteiger partial charge in [-0.3, -0.25) is 4.68 Å². The zero-order chi connectivity index (χ0) is 14.5. The van der Waals surface area contributed by atoms with Gasteiger partial charge in [-0.25, -0.2) is 13.1 Å². The monoisotopic (exact) mass is 288 g/mol. The standard InChI is InChI=1S/C12H24N4O2S/c1-4-7-10(6-3)15-19(17,18)11-9-16(8-5-2)14-12(11)13/h9-10,15H,4-8H2,1-3H3,(H2,13,14). The summed E-state index contributed by atoms with van der Waals surface area (Å²) in [4.78, 5) is 0.0792. The van der Waals surface area contributed by atoms with Crippen molar-refractivity contribution in [2.24, 2.45) is 0 Å². The van der Waals surface area contributed by atoms with E-state index >= 15 is 0 Å². The Morgan fingerprint density at radius 1 is 1.37 bits per heavy atom. The summed E-state index contributed by atoms with van der Waals surface area (Å²) in [6, 6.07) is -0.0519. The second-order valence-corrected chi connectivity index (χ2v) is 6.34. The maximum Gasteiger partial charge on any atom is 0.246 e. The van der Waals surface area contributed by atoms with Crippen LogP contribution >= 0.6 is 0 Å². The van der Waals surface area contributed by atoms with Crippen LogP contribution in [0, 0.1) is 0 Å². The van der Waals surface area contributed by atoms with Gasteiger partial charge in [-0.2, -0.15) is 5.10 Å². The van der Waals surface area contributed by atoms with E-state index in [1.807, 2.05) is 20.8 Å². The van der Waals surface area contributed by atoms with Gasteiger partial charge in [0.1, 0.15) is 4.90 Å². The first kappa shape index (κ1) is 16.0. The zero-order valence-electron chi connectivity index (χ0n) is 11.9. The Morgan fingerprint density at radius 2 is 2.05 bits per heavy atom. The summed E-state index contributed by atoms with van der Waals surface area (Å²) in [6.45, 7) is 6.65. The highest BCUT2D eigenvalue weighted by atomic mass is 32.2. The quantitative estimate of drug-likeness (QED) is 0.762. The third kappa shape index (κ3) is 4.21. The SMILES string of the molecule is CCCC(CC)NS(=O)(=O)c1cn(CCC)nc1N. The number of nitrogens with zero attached hydrogens (tertiary/aromatic N) is 2. The van der Waals surface area contributed by atoms with E-state index in [1.54, 1.807) is 4.68 Å². The van der Waals surface area contributed by atoms with Crippen LogP contribution in [0.1, 0.15) is 46.5 Å². The van der Waals surface area contributed by atoms with Crippen LogP contribution in [0.5, 0.6) is 0 Å². The topological polar surface area (TPSA) is 90.0 Å². The van der Waals surface area contributed by atoms with Gasteiger partial charge in [0, 0.05) is 18.8 Å². The van der Waals surface area contributed by atoms with Gasteiger partial charge >= 0.3 is 0 Å². The molecule has 0 aromatic carbocycles. The summed E-state index contributed by atoms with van der Waals surface area (Å²) in [5, 5.41) is 4.02. The summed E-state index contributed by atoms with van der Waals surface area (Å²) < 4.78 is 28.8. The number of hydrogen-bond donors (Lipinski definition) is 2. The fraction of sp³-hybridized carbons (Fsp3) is 0.750. The Balaban J connectivity index is 2.93. The molecule has 0 radical (unpaired) electrons. The molecule has 1 heterocycles. The molecule has 1 atom stereocenters. The Kier molecular flexibility index (Phi) is 5.81. The number of nitrogens with two attached hydrogens (primary N) is 1. The van der Waals surface area contributed by atoms with Gasteiger partial charge in [-0.15, -0.1) is 0 Å². The third-order valence-corrected chi connectivity index (χ3v) is 4.49. The molecular weight excluding hydrogens is 264 g/mol. The molecule has 1 aromatic heterocycles. The number of hydrogen-bond acceptors (Lipinski definition) is 4. The Labute approximate surface area is 115 Å². The number of sulfonamides is 1. The van der Waals surface area contributed by atoms with Crippen molar-refractivity contribution in [3.63, 3.8) is 0 Å². The van der Waals surface area contributed by atoms with Crippen LogP contribution in [0.2, 0.25) is 0 Å². The fourth-order valence-corrected chi connectivity index (χ4v) is 3.37. The second-order valence-electron chi connectivity index (χ2n) is 4.66. The van der Waals surface area contributed by atoms with Crippen molar-refractivity contribution in [1.29, 1.82) is 0 Å². The normalized spacial score (nSPS) is 13.6. The molecule has 0 saturated carbocycles. The van der Waals surface area contributed by atoms with E-state index < -0.39 is 10.0 Å². The Hall–Kier alpha value is -1.08. The first-order valence-corrected chi connectivity index (χ1v) is 8.28. The molecule has 3 N–H and O–H groups in total. The number of aryl methyl sites for hydroxylation is 1. The van der Waals surface area contributed by atoms with Gasteiger partial charge in [-0.1, -0.05) is 27.2 Å². The molecule has 0 saturated heterocycles. The fourth-order valence-electron chi connectivity index (χ4n) is 1.95. The molecule has 1 aromatic rings. The molecule has 0 fully saturated rings. The lowest BCUT2D eigenvalue weighted by atomic mass is 10.1. The molecule has 1 rings (SSSR count). The molecule has 6 nitrogen and oxygen atoms in total. The summed E-state index contributed by atoms with van der Waals surface area (Å²) in [5.41, 5.74) is 5.70. The van der Waals surface area contributed by atoms with Crippen LogP contribution < -0.4 is 10.5 Å². The van der Waals surface area contributed by atoms with Gasteiger partial charge in [-0.05, 0) is 19.3 Å². The average Bonchev–Trinajstić information content (AvgIpc) is 2.71. The van der Waals surface area contributed by atoms with Crippen LogP contribution in [0.3, 0.4) is 0 Å². The lowest BCUT2D eigenvalue weighted by Crippen LogP contribution is -2.34. The molecule has 0 amide bonds. The maximum atomic E-state index is 12.3. The van der Waals surface area contributed by atoms with Gasteiger partial charge < -0.3 is 5.73 Å². The minimum absolute atomic E-state index is 0.0519. The van der Waals surface area contributed by atoms with Crippen molar-refractivity contribution in [2.75, 3.05) is 5.73 Å². The van der Waals surface area contributed by atoms with Crippen LogP contribution in [-0.4, -0.2) is 24.2 Å². The highest BCUT2D eigenvalue weighted by Gasteiger charge is 2.23. The lowest BCUT2D eigenvalue weighted by molar-refractivity contribution is 0.512. The van der Waals surface area contributed by atoms with Crippen molar-refractivity contribution in [2.45, 2.75) is 63.9 Å². The van der Waals surface area contributed by atoms with E-state index in [-0.39, 0.29) is 16.8 Å². The molecular formula is C12H24N4O2S. The summed E-state index contributed by atoms with van der Waals surface area (Å²) >= 11 is 0. The van der Waals surface area contributed by atoms with Gasteiger partial charge in [0.25, 0.3) is 0 Å². The first-order valence-electron chi connectivity index (χ1n) is 6.79. The molecule has 19 heavy (non-hydrogen) atoms. The number of rotatable bonds is 8. The number of anilines is 1. The van der Waals surface area contributed by atoms with E-state index in [0.717, 1.165) is 25.7 Å². The lowest BCUT2D eigenvalue weighted by Gasteiger charge is -2.15. The van der Waals surface area contributed by atoms with Crippen molar-refractivity contribution >= 4 is 15.8 Å². The summed E-state index contributed by atoms with van der Waals surface area (Å²) in [6.07, 6.45) is 4.89. The molecule has 7 heteroatoms. The highest BCUT2D eigenvalue weighted by Crippen LogP contribution is 2.17. The largest absolute Gasteiger partial charge is 0.381 e. The van der Waals surface area contributed by atoms with E-state index in [4.69, 9.17) is 5.73 Å². The van der Waals surface area contributed by atoms with E-state index in [9.17, 15) is 8.42 Å². The maximum absolute atomic E-state index is 12.3. The van der Waals surface area contributed by atoms with Gasteiger partial charge in [0.15, 0.2) is 5.82 Å². The van der Waals surface area contributed by atoms with Crippen LogP contribution in [0.25, 0.3) is 0 Å². The van der Waals surface area contributed by atoms with E-state index in [1.165, 1.54) is 6.20 Å².